The third-order valence-corrected chi connectivity index (χ3v) is 8.21. The van der Waals surface area contributed by atoms with Gasteiger partial charge in [-0.25, -0.2) is 0 Å². The average Bonchev–Trinajstić information content (AvgIpc) is 3.46. The van der Waals surface area contributed by atoms with Crippen LogP contribution in [0.4, 0.5) is 5.69 Å². The molecule has 2 aliphatic heterocycles. The Balaban J connectivity index is 1.39. The summed E-state index contributed by atoms with van der Waals surface area (Å²) in [5, 5.41) is 13.6. The molecule has 7 heteroatoms. The molecule has 4 heterocycles. The lowest BCUT2D eigenvalue weighted by Crippen LogP contribution is -2.45. The van der Waals surface area contributed by atoms with Gasteiger partial charge in [-0.1, -0.05) is 30.3 Å². The summed E-state index contributed by atoms with van der Waals surface area (Å²) >= 11 is 0. The smallest absolute Gasteiger partial charge is 0.258 e. The van der Waals surface area contributed by atoms with Gasteiger partial charge in [-0.3, -0.25) is 19.5 Å². The van der Waals surface area contributed by atoms with Crippen molar-refractivity contribution in [1.29, 1.82) is 0 Å². The first-order chi connectivity index (χ1) is 18.2. The molecule has 3 aromatic rings. The largest absolute Gasteiger partial charge is 0.396 e. The van der Waals surface area contributed by atoms with Gasteiger partial charge in [-0.15, -0.1) is 0 Å². The lowest BCUT2D eigenvalue weighted by Gasteiger charge is -2.30. The van der Waals surface area contributed by atoms with E-state index in [1.165, 1.54) is 6.42 Å². The Bertz CT molecular complexity index is 1370. The normalized spacial score (nSPS) is 24.8. The summed E-state index contributed by atoms with van der Waals surface area (Å²) in [6.07, 6.45) is 8.20. The third kappa shape index (κ3) is 4.32. The minimum absolute atomic E-state index is 0.0415. The Labute approximate surface area is 216 Å². The highest BCUT2D eigenvalue weighted by Gasteiger charge is 2.55. The van der Waals surface area contributed by atoms with Gasteiger partial charge in [0.05, 0.1) is 17.8 Å². The van der Waals surface area contributed by atoms with Crippen LogP contribution in [0.3, 0.4) is 0 Å². The van der Waals surface area contributed by atoms with Gasteiger partial charge in [0.25, 0.3) is 5.56 Å². The molecule has 0 bridgehead atoms. The van der Waals surface area contributed by atoms with Gasteiger partial charge in [-0.05, 0) is 67.7 Å². The van der Waals surface area contributed by atoms with Crippen LogP contribution in [0.15, 0.2) is 77.7 Å². The van der Waals surface area contributed by atoms with E-state index in [1.807, 2.05) is 59.2 Å². The van der Waals surface area contributed by atoms with Crippen molar-refractivity contribution in [3.05, 3.63) is 100 Å². The molecule has 0 spiro atoms. The summed E-state index contributed by atoms with van der Waals surface area (Å²) in [4.78, 5) is 34.0. The molecule has 2 N–H and O–H groups in total. The average molecular weight is 497 g/mol. The van der Waals surface area contributed by atoms with Crippen LogP contribution in [0.1, 0.15) is 48.7 Å². The topological polar surface area (TPSA) is 87.5 Å². The SMILES string of the molecule is O=C(Nc1ccccc1)[C@@H]1[C@@H](CO)[C@@H]2Cn3c(ccc(C4=CCCCC4)c3=O)[C@@H]2N1Cc1ccccn1. The predicted molar refractivity (Wildman–Crippen MR) is 143 cm³/mol. The number of hydrogen-bond donors (Lipinski definition) is 2. The summed E-state index contributed by atoms with van der Waals surface area (Å²) in [6, 6.07) is 18.5. The quantitative estimate of drug-likeness (QED) is 0.539. The summed E-state index contributed by atoms with van der Waals surface area (Å²) in [6.45, 7) is 0.818. The number of carbonyl (C=O) groups excluding carboxylic acids is 1. The molecular weight excluding hydrogens is 464 g/mol. The maximum Gasteiger partial charge on any atom is 0.258 e. The van der Waals surface area contributed by atoms with Crippen molar-refractivity contribution in [2.75, 3.05) is 11.9 Å². The zero-order chi connectivity index (χ0) is 25.4. The highest BCUT2D eigenvalue weighted by molar-refractivity contribution is 5.95. The number of carbonyl (C=O) groups is 1. The molecule has 1 aromatic carbocycles. The second-order valence-corrected chi connectivity index (χ2v) is 10.3. The maximum absolute atomic E-state index is 13.7. The molecule has 6 rings (SSSR count). The second kappa shape index (κ2) is 10.1. The van der Waals surface area contributed by atoms with E-state index >= 15 is 0 Å². The van der Waals surface area contributed by atoms with Gasteiger partial charge in [0.1, 0.15) is 0 Å². The number of rotatable bonds is 6. The molecule has 0 saturated carbocycles. The van der Waals surface area contributed by atoms with E-state index in [2.05, 4.69) is 27.3 Å². The lowest BCUT2D eigenvalue weighted by atomic mass is 9.88. The van der Waals surface area contributed by atoms with Crippen molar-refractivity contribution in [2.24, 2.45) is 11.8 Å². The van der Waals surface area contributed by atoms with E-state index in [0.717, 1.165) is 47.5 Å². The number of hydrogen-bond acceptors (Lipinski definition) is 5. The molecule has 3 aliphatic rings. The fraction of sp³-hybridized carbons (Fsp3) is 0.367. The number of anilines is 1. The molecule has 1 saturated heterocycles. The Morgan fingerprint density at radius 2 is 1.89 bits per heavy atom. The Morgan fingerprint density at radius 3 is 2.62 bits per heavy atom. The fourth-order valence-electron chi connectivity index (χ4n) is 6.53. The predicted octanol–water partition coefficient (Wildman–Crippen LogP) is 4.00. The van der Waals surface area contributed by atoms with E-state index in [1.54, 1.807) is 6.20 Å². The first-order valence-electron chi connectivity index (χ1n) is 13.2. The van der Waals surface area contributed by atoms with Gasteiger partial charge < -0.3 is 15.0 Å². The molecule has 1 amide bonds. The van der Waals surface area contributed by atoms with Crippen molar-refractivity contribution in [2.45, 2.75) is 50.9 Å². The first kappa shape index (κ1) is 23.8. The van der Waals surface area contributed by atoms with Gasteiger partial charge in [0, 0.05) is 54.7 Å². The number of nitrogens with one attached hydrogen (secondary N) is 1. The van der Waals surface area contributed by atoms with Gasteiger partial charge >= 0.3 is 0 Å². The molecule has 190 valence electrons. The molecule has 0 unspecified atom stereocenters. The number of para-hydroxylation sites is 1. The van der Waals surface area contributed by atoms with Gasteiger partial charge in [-0.2, -0.15) is 0 Å². The Hall–Kier alpha value is -3.55. The standard InChI is InChI=1S/C30H32N4O3/c35-19-25-24-18-33-26(15-14-23(30(33)37)20-9-3-1-4-10-20)27(24)34(17-22-13-7-8-16-31-22)28(25)29(36)32-21-11-5-2-6-12-21/h2,5-9,11-16,24-25,27-28,35H,1,3-4,10,17-19H2,(H,32,36)/t24-,25-,27+,28-/m0/s1. The lowest BCUT2D eigenvalue weighted by molar-refractivity contribution is -0.122. The van der Waals surface area contributed by atoms with Gasteiger partial charge in [0.15, 0.2) is 0 Å². The molecule has 0 radical (unpaired) electrons. The first-order valence-corrected chi connectivity index (χ1v) is 13.2. The number of allylic oxidation sites excluding steroid dienone is 2. The summed E-state index contributed by atoms with van der Waals surface area (Å²) < 4.78 is 1.89. The van der Waals surface area contributed by atoms with Crippen LogP contribution >= 0.6 is 0 Å². The van der Waals surface area contributed by atoms with Crippen LogP contribution in [-0.4, -0.2) is 38.1 Å². The van der Waals surface area contributed by atoms with Crippen molar-refractivity contribution in [3.63, 3.8) is 0 Å². The molecule has 2 aromatic heterocycles. The minimum Gasteiger partial charge on any atom is -0.396 e. The summed E-state index contributed by atoms with van der Waals surface area (Å²) in [7, 11) is 0. The number of aliphatic hydroxyl groups excluding tert-OH is 1. The van der Waals surface area contributed by atoms with Crippen molar-refractivity contribution in [1.82, 2.24) is 14.5 Å². The van der Waals surface area contributed by atoms with Crippen LogP contribution in [0.25, 0.3) is 5.57 Å². The van der Waals surface area contributed by atoms with Crippen LogP contribution in [0.2, 0.25) is 0 Å². The highest BCUT2D eigenvalue weighted by Crippen LogP contribution is 2.50. The van der Waals surface area contributed by atoms with E-state index in [0.29, 0.717) is 13.1 Å². The molecule has 37 heavy (non-hydrogen) atoms. The molecule has 7 nitrogen and oxygen atoms in total. The monoisotopic (exact) mass is 496 g/mol. The zero-order valence-corrected chi connectivity index (χ0v) is 20.8. The van der Waals surface area contributed by atoms with Crippen LogP contribution in [0, 0.1) is 11.8 Å². The van der Waals surface area contributed by atoms with Crippen molar-refractivity contribution >= 4 is 17.2 Å². The fourth-order valence-corrected chi connectivity index (χ4v) is 6.53. The van der Waals surface area contributed by atoms with Crippen LogP contribution in [0.5, 0.6) is 0 Å². The number of nitrogens with zero attached hydrogens (tertiary/aromatic N) is 3. The number of fused-ring (bicyclic) bond motifs is 3. The molecular formula is C30H32N4O3. The highest BCUT2D eigenvalue weighted by atomic mass is 16.3. The van der Waals surface area contributed by atoms with E-state index in [4.69, 9.17) is 0 Å². The zero-order valence-electron chi connectivity index (χ0n) is 20.8. The van der Waals surface area contributed by atoms with E-state index < -0.39 is 6.04 Å². The third-order valence-electron chi connectivity index (χ3n) is 8.21. The van der Waals surface area contributed by atoms with Crippen molar-refractivity contribution < 1.29 is 9.90 Å². The van der Waals surface area contributed by atoms with Crippen LogP contribution in [-0.2, 0) is 17.9 Å². The Morgan fingerprint density at radius 1 is 1.05 bits per heavy atom. The summed E-state index contributed by atoms with van der Waals surface area (Å²) in [5.41, 5.74) is 4.47. The Kier molecular flexibility index (Phi) is 6.49. The maximum atomic E-state index is 13.7. The number of benzene rings is 1. The second-order valence-electron chi connectivity index (χ2n) is 10.3. The summed E-state index contributed by atoms with van der Waals surface area (Å²) in [5.74, 6) is -0.508. The number of aliphatic hydroxyl groups is 1. The number of amides is 1. The minimum atomic E-state index is -0.549. The van der Waals surface area contributed by atoms with Gasteiger partial charge in [0.2, 0.25) is 5.91 Å². The van der Waals surface area contributed by atoms with E-state index in [-0.39, 0.29) is 36.0 Å². The van der Waals surface area contributed by atoms with Crippen molar-refractivity contribution in [3.8, 4) is 0 Å². The number of aromatic nitrogens is 2. The van der Waals surface area contributed by atoms with Crippen LogP contribution < -0.4 is 10.9 Å². The molecule has 4 atom stereocenters. The number of likely N-dealkylation sites (tertiary alicyclic amines) is 1. The molecule has 1 aliphatic carbocycles. The number of pyridine rings is 2. The van der Waals surface area contributed by atoms with E-state index in [9.17, 15) is 14.7 Å². The molecule has 1 fully saturated rings.